The average molecular weight is 312 g/mol. The number of carboxylic acids is 1. The van der Waals surface area contributed by atoms with E-state index in [2.05, 4.69) is 10.1 Å². The summed E-state index contributed by atoms with van der Waals surface area (Å²) in [6, 6.07) is 7.93. The number of pyridine rings is 1. The van der Waals surface area contributed by atoms with Crippen molar-refractivity contribution in [3.63, 3.8) is 0 Å². The first kappa shape index (κ1) is 14.6. The Morgan fingerprint density at radius 3 is 2.55 bits per heavy atom. The lowest BCUT2D eigenvalue weighted by Gasteiger charge is -2.11. The molecule has 0 N–H and O–H groups in total. The van der Waals surface area contributed by atoms with Crippen LogP contribution in [0.1, 0.15) is 21.6 Å². The fourth-order valence-corrected chi connectivity index (χ4v) is 3.45. The van der Waals surface area contributed by atoms with E-state index in [0.717, 1.165) is 21.5 Å². The van der Waals surface area contributed by atoms with Crippen LogP contribution in [0.5, 0.6) is 0 Å². The van der Waals surface area contributed by atoms with Gasteiger partial charge in [0.15, 0.2) is 5.65 Å². The Bertz CT molecular complexity index is 869. The third-order valence-corrected chi connectivity index (χ3v) is 4.58. The molecular formula is C16H14N3O2S-. The van der Waals surface area contributed by atoms with Gasteiger partial charge in [0.1, 0.15) is 0 Å². The van der Waals surface area contributed by atoms with Crippen molar-refractivity contribution >= 4 is 28.8 Å². The number of hydrogen-bond donors (Lipinski definition) is 0. The van der Waals surface area contributed by atoms with Crippen molar-refractivity contribution in [2.45, 2.75) is 23.6 Å². The molecule has 1 aromatic carbocycles. The summed E-state index contributed by atoms with van der Waals surface area (Å²) in [5.41, 5.74) is 2.66. The molecular weight excluding hydrogens is 298 g/mol. The number of fused-ring (bicyclic) bond motifs is 1. The van der Waals surface area contributed by atoms with Crippen LogP contribution in [-0.4, -0.2) is 20.7 Å². The summed E-state index contributed by atoms with van der Waals surface area (Å²) in [5.74, 6) is -1.23. The summed E-state index contributed by atoms with van der Waals surface area (Å²) in [4.78, 5) is 17.2. The van der Waals surface area contributed by atoms with Gasteiger partial charge in [-0.3, -0.25) is 4.68 Å². The van der Waals surface area contributed by atoms with E-state index in [9.17, 15) is 9.90 Å². The fraction of sp³-hybridized carbons (Fsp3) is 0.188. The summed E-state index contributed by atoms with van der Waals surface area (Å²) in [6.45, 7) is 3.86. The van der Waals surface area contributed by atoms with Gasteiger partial charge in [-0.1, -0.05) is 29.5 Å². The van der Waals surface area contributed by atoms with Crippen LogP contribution in [0.15, 0.2) is 40.3 Å². The minimum atomic E-state index is -1.23. The zero-order valence-electron chi connectivity index (χ0n) is 12.5. The molecule has 3 aromatic rings. The Morgan fingerprint density at radius 2 is 1.91 bits per heavy atom. The normalized spacial score (nSPS) is 11.0. The quantitative estimate of drug-likeness (QED) is 0.740. The molecule has 22 heavy (non-hydrogen) atoms. The first-order chi connectivity index (χ1) is 10.5. The molecule has 0 bridgehead atoms. The number of carbonyl (C=O) groups excluding carboxylic acids is 1. The molecule has 5 nitrogen and oxygen atoms in total. The third kappa shape index (κ3) is 2.46. The fourth-order valence-electron chi connectivity index (χ4n) is 2.35. The number of carboxylic acid groups (broad SMARTS) is 1. The molecule has 0 saturated heterocycles. The predicted molar refractivity (Wildman–Crippen MR) is 82.9 cm³/mol. The van der Waals surface area contributed by atoms with E-state index in [4.69, 9.17) is 0 Å². The first-order valence-electron chi connectivity index (χ1n) is 6.75. The van der Waals surface area contributed by atoms with E-state index in [1.54, 1.807) is 11.7 Å². The van der Waals surface area contributed by atoms with Gasteiger partial charge >= 0.3 is 0 Å². The van der Waals surface area contributed by atoms with E-state index in [0.29, 0.717) is 10.5 Å². The molecule has 0 saturated carbocycles. The van der Waals surface area contributed by atoms with E-state index >= 15 is 0 Å². The van der Waals surface area contributed by atoms with E-state index in [1.807, 2.05) is 38.1 Å². The number of aryl methyl sites for hydroxylation is 3. The molecule has 2 aromatic heterocycles. The molecule has 0 spiro atoms. The summed E-state index contributed by atoms with van der Waals surface area (Å²) in [5, 5.41) is 16.5. The Labute approximate surface area is 132 Å². The monoisotopic (exact) mass is 312 g/mol. The van der Waals surface area contributed by atoms with Gasteiger partial charge < -0.3 is 9.90 Å². The maximum Gasteiger partial charge on any atom is 0.158 e. The van der Waals surface area contributed by atoms with Crippen molar-refractivity contribution in [3.05, 3.63) is 47.3 Å². The number of benzene rings is 1. The van der Waals surface area contributed by atoms with Gasteiger partial charge in [0.25, 0.3) is 0 Å². The van der Waals surface area contributed by atoms with Crippen molar-refractivity contribution in [3.8, 4) is 0 Å². The summed E-state index contributed by atoms with van der Waals surface area (Å²) in [6.07, 6.45) is 1.34. The first-order valence-corrected chi connectivity index (χ1v) is 7.57. The van der Waals surface area contributed by atoms with Crippen LogP contribution in [0, 0.1) is 13.8 Å². The molecule has 0 fully saturated rings. The molecule has 3 rings (SSSR count). The largest absolute Gasteiger partial charge is 0.545 e. The zero-order valence-corrected chi connectivity index (χ0v) is 13.3. The number of hydrogen-bond acceptors (Lipinski definition) is 5. The predicted octanol–water partition coefficient (Wildman–Crippen LogP) is 2.10. The van der Waals surface area contributed by atoms with Crippen LogP contribution < -0.4 is 5.11 Å². The highest BCUT2D eigenvalue weighted by molar-refractivity contribution is 7.99. The topological polar surface area (TPSA) is 70.8 Å². The van der Waals surface area contributed by atoms with Crippen molar-refractivity contribution < 1.29 is 9.90 Å². The van der Waals surface area contributed by atoms with Gasteiger partial charge in [0, 0.05) is 28.6 Å². The number of aromatic nitrogens is 3. The smallest absolute Gasteiger partial charge is 0.158 e. The second-order valence-corrected chi connectivity index (χ2v) is 6.19. The molecule has 0 aliphatic rings. The molecule has 0 atom stereocenters. The summed E-state index contributed by atoms with van der Waals surface area (Å²) < 4.78 is 1.66. The molecule has 0 unspecified atom stereocenters. The van der Waals surface area contributed by atoms with Gasteiger partial charge in [-0.05, 0) is 26.0 Å². The van der Waals surface area contributed by atoms with Crippen molar-refractivity contribution in [1.29, 1.82) is 0 Å². The van der Waals surface area contributed by atoms with Gasteiger partial charge in [0.05, 0.1) is 17.0 Å². The van der Waals surface area contributed by atoms with Gasteiger partial charge in [0.2, 0.25) is 0 Å². The van der Waals surface area contributed by atoms with E-state index in [1.165, 1.54) is 18.0 Å². The molecule has 0 aliphatic carbocycles. The van der Waals surface area contributed by atoms with Gasteiger partial charge in [-0.15, -0.1) is 0 Å². The maximum absolute atomic E-state index is 11.4. The Kier molecular flexibility index (Phi) is 3.62. The molecule has 6 heteroatoms. The van der Waals surface area contributed by atoms with Crippen LogP contribution >= 0.6 is 11.8 Å². The molecule has 0 radical (unpaired) electrons. The van der Waals surface area contributed by atoms with Crippen LogP contribution in [0.3, 0.4) is 0 Å². The summed E-state index contributed by atoms with van der Waals surface area (Å²) in [7, 11) is 1.79. The van der Waals surface area contributed by atoms with Gasteiger partial charge in [-0.25, -0.2) is 4.98 Å². The van der Waals surface area contributed by atoms with Crippen LogP contribution in [0.2, 0.25) is 0 Å². The minimum Gasteiger partial charge on any atom is -0.545 e. The van der Waals surface area contributed by atoms with Gasteiger partial charge in [-0.2, -0.15) is 5.10 Å². The lowest BCUT2D eigenvalue weighted by molar-refractivity contribution is -0.255. The van der Waals surface area contributed by atoms with Crippen molar-refractivity contribution in [1.82, 2.24) is 14.8 Å². The number of nitrogens with zero attached hydrogens (tertiary/aromatic N) is 3. The second-order valence-electron chi connectivity index (χ2n) is 5.11. The van der Waals surface area contributed by atoms with E-state index < -0.39 is 5.97 Å². The third-order valence-electron chi connectivity index (χ3n) is 3.44. The second kappa shape index (κ2) is 5.46. The highest BCUT2D eigenvalue weighted by atomic mass is 32.2. The Hall–Kier alpha value is -2.34. The van der Waals surface area contributed by atoms with Crippen LogP contribution in [0.25, 0.3) is 11.0 Å². The van der Waals surface area contributed by atoms with E-state index in [-0.39, 0.29) is 5.56 Å². The molecule has 112 valence electrons. The molecule has 0 aliphatic heterocycles. The number of aromatic carboxylic acids is 1. The summed E-state index contributed by atoms with van der Waals surface area (Å²) >= 11 is 1.39. The van der Waals surface area contributed by atoms with Crippen molar-refractivity contribution in [2.24, 2.45) is 7.05 Å². The Balaban J connectivity index is 2.22. The number of rotatable bonds is 3. The zero-order chi connectivity index (χ0) is 15.9. The average Bonchev–Trinajstić information content (AvgIpc) is 2.77. The number of carbonyl (C=O) groups is 1. The highest BCUT2D eigenvalue weighted by Gasteiger charge is 2.17. The lowest BCUT2D eigenvalue weighted by Crippen LogP contribution is -2.23. The lowest BCUT2D eigenvalue weighted by atomic mass is 10.2. The molecule has 0 amide bonds. The van der Waals surface area contributed by atoms with Crippen LogP contribution in [-0.2, 0) is 7.05 Å². The standard InChI is InChI=1S/C16H15N3O2S/c1-9-4-6-11(7-5-9)22-14-12(16(20)21)8-17-15-13(14)10(2)18-19(15)3/h4-8H,1-3H3,(H,20,21)/p-1. The maximum atomic E-state index is 11.4. The Morgan fingerprint density at radius 1 is 1.23 bits per heavy atom. The van der Waals surface area contributed by atoms with Crippen molar-refractivity contribution in [2.75, 3.05) is 0 Å². The van der Waals surface area contributed by atoms with Crippen LogP contribution in [0.4, 0.5) is 0 Å². The minimum absolute atomic E-state index is 0.0918. The molecule has 2 heterocycles. The SMILES string of the molecule is Cc1ccc(Sc2c(C(=O)[O-])cnc3c2c(C)nn3C)cc1. The highest BCUT2D eigenvalue weighted by Crippen LogP contribution is 2.36.